The van der Waals surface area contributed by atoms with Gasteiger partial charge >= 0.3 is 0 Å². The van der Waals surface area contributed by atoms with Gasteiger partial charge in [-0.15, -0.1) is 11.3 Å². The van der Waals surface area contributed by atoms with Crippen LogP contribution in [0.2, 0.25) is 0 Å². The van der Waals surface area contributed by atoms with Crippen molar-refractivity contribution in [2.24, 2.45) is 0 Å². The third-order valence-electron chi connectivity index (χ3n) is 5.78. The first kappa shape index (κ1) is 22.8. The number of hydrogen-bond donors (Lipinski definition) is 0. The molecule has 1 saturated heterocycles. The monoisotopic (exact) mass is 469 g/mol. The molecule has 0 amide bonds. The molecule has 0 unspecified atom stereocenters. The number of aromatic nitrogens is 1. The number of benzene rings is 2. The zero-order valence-electron chi connectivity index (χ0n) is 18.3. The number of thiazole rings is 1. The van der Waals surface area contributed by atoms with E-state index >= 15 is 0 Å². The maximum absolute atomic E-state index is 13.0. The van der Waals surface area contributed by atoms with E-state index in [0.717, 1.165) is 22.7 Å². The van der Waals surface area contributed by atoms with Gasteiger partial charge in [0, 0.05) is 49.2 Å². The standard InChI is InChI=1S/C24H27N3O3S2/c1-3-19-4-6-21(7-5-19)24-25-22(17-31-24)16-26-12-14-27(15-13-26)32(29,30)23-10-8-20(9-11-23)18(2)28/h4-11,17H,3,12-16H2,1-2H3. The van der Waals surface area contributed by atoms with Crippen LogP contribution in [0.5, 0.6) is 0 Å². The van der Waals surface area contributed by atoms with Crippen LogP contribution in [0.4, 0.5) is 0 Å². The summed E-state index contributed by atoms with van der Waals surface area (Å²) in [6.45, 7) is 6.51. The van der Waals surface area contributed by atoms with E-state index < -0.39 is 10.0 Å². The predicted octanol–water partition coefficient (Wildman–Crippen LogP) is 4.08. The maximum Gasteiger partial charge on any atom is 0.243 e. The van der Waals surface area contributed by atoms with Crippen LogP contribution < -0.4 is 0 Å². The van der Waals surface area contributed by atoms with E-state index in [1.54, 1.807) is 23.5 Å². The van der Waals surface area contributed by atoms with Crippen molar-refractivity contribution < 1.29 is 13.2 Å². The Morgan fingerprint density at radius 3 is 2.25 bits per heavy atom. The molecule has 0 saturated carbocycles. The number of hydrogen-bond acceptors (Lipinski definition) is 6. The molecular weight excluding hydrogens is 442 g/mol. The first-order valence-electron chi connectivity index (χ1n) is 10.7. The van der Waals surface area contributed by atoms with E-state index in [4.69, 9.17) is 4.98 Å². The summed E-state index contributed by atoms with van der Waals surface area (Å²) >= 11 is 1.64. The molecule has 6 nitrogen and oxygen atoms in total. The van der Waals surface area contributed by atoms with Crippen molar-refractivity contribution in [2.75, 3.05) is 26.2 Å². The van der Waals surface area contributed by atoms with Crippen LogP contribution >= 0.6 is 11.3 Å². The zero-order chi connectivity index (χ0) is 22.7. The fraction of sp³-hybridized carbons (Fsp3) is 0.333. The Kier molecular flexibility index (Phi) is 6.85. The molecule has 2 aromatic carbocycles. The normalized spacial score (nSPS) is 15.7. The Labute approximate surface area is 193 Å². The van der Waals surface area contributed by atoms with Crippen molar-refractivity contribution in [3.05, 3.63) is 70.7 Å². The molecule has 0 radical (unpaired) electrons. The van der Waals surface area contributed by atoms with E-state index in [2.05, 4.69) is 41.5 Å². The highest BCUT2D eigenvalue weighted by Crippen LogP contribution is 2.25. The van der Waals surface area contributed by atoms with Crippen LogP contribution in [0.3, 0.4) is 0 Å². The zero-order valence-corrected chi connectivity index (χ0v) is 20.0. The average molecular weight is 470 g/mol. The molecule has 0 N–H and O–H groups in total. The number of Topliss-reactive ketones (excluding diaryl/α,β-unsaturated/α-hetero) is 1. The van der Waals surface area contributed by atoms with Gasteiger partial charge in [-0.3, -0.25) is 9.69 Å². The molecule has 1 aromatic heterocycles. The first-order valence-corrected chi connectivity index (χ1v) is 13.1. The van der Waals surface area contributed by atoms with Crippen molar-refractivity contribution >= 4 is 27.1 Å². The molecule has 0 atom stereocenters. The minimum Gasteiger partial charge on any atom is -0.295 e. The number of piperazine rings is 1. The van der Waals surface area contributed by atoms with Gasteiger partial charge in [-0.1, -0.05) is 43.3 Å². The molecule has 1 aliphatic heterocycles. The second-order valence-corrected chi connectivity index (χ2v) is 10.8. The summed E-state index contributed by atoms with van der Waals surface area (Å²) in [6, 6.07) is 14.7. The Morgan fingerprint density at radius 2 is 1.66 bits per heavy atom. The van der Waals surface area contributed by atoms with Crippen LogP contribution in [-0.2, 0) is 23.0 Å². The molecule has 0 spiro atoms. The lowest BCUT2D eigenvalue weighted by atomic mass is 10.1. The van der Waals surface area contributed by atoms with E-state index in [9.17, 15) is 13.2 Å². The number of sulfonamides is 1. The van der Waals surface area contributed by atoms with E-state index in [-0.39, 0.29) is 10.7 Å². The third-order valence-corrected chi connectivity index (χ3v) is 8.63. The fourth-order valence-electron chi connectivity index (χ4n) is 3.76. The topological polar surface area (TPSA) is 70.6 Å². The van der Waals surface area contributed by atoms with Crippen LogP contribution in [0.1, 0.15) is 35.5 Å². The molecule has 1 aliphatic rings. The van der Waals surface area contributed by atoms with Gasteiger partial charge in [-0.2, -0.15) is 4.31 Å². The van der Waals surface area contributed by atoms with Crippen molar-refractivity contribution in [3.8, 4) is 10.6 Å². The van der Waals surface area contributed by atoms with Gasteiger partial charge in [0.2, 0.25) is 10.0 Å². The minimum atomic E-state index is -3.56. The number of aryl methyl sites for hydroxylation is 1. The molecule has 32 heavy (non-hydrogen) atoms. The Hall–Kier alpha value is -2.39. The van der Waals surface area contributed by atoms with Crippen molar-refractivity contribution in [1.82, 2.24) is 14.2 Å². The number of ketones is 1. The summed E-state index contributed by atoms with van der Waals surface area (Å²) < 4.78 is 27.4. The van der Waals surface area contributed by atoms with Crippen molar-refractivity contribution in [1.29, 1.82) is 0 Å². The summed E-state index contributed by atoms with van der Waals surface area (Å²) in [5.41, 5.74) is 3.97. The largest absolute Gasteiger partial charge is 0.295 e. The first-order chi connectivity index (χ1) is 15.4. The van der Waals surface area contributed by atoms with Gasteiger partial charge in [-0.05, 0) is 31.0 Å². The summed E-state index contributed by atoms with van der Waals surface area (Å²) in [5.74, 6) is -0.0780. The highest BCUT2D eigenvalue weighted by Gasteiger charge is 2.28. The molecule has 3 aromatic rings. The highest BCUT2D eigenvalue weighted by molar-refractivity contribution is 7.89. The molecular formula is C24H27N3O3S2. The van der Waals surface area contributed by atoms with Gasteiger partial charge in [-0.25, -0.2) is 13.4 Å². The lowest BCUT2D eigenvalue weighted by Gasteiger charge is -2.33. The quantitative estimate of drug-likeness (QED) is 0.488. The second kappa shape index (κ2) is 9.62. The molecule has 0 bridgehead atoms. The van der Waals surface area contributed by atoms with Crippen LogP contribution in [-0.4, -0.2) is 54.6 Å². The van der Waals surface area contributed by atoms with E-state index in [1.807, 2.05) is 0 Å². The smallest absolute Gasteiger partial charge is 0.243 e. The minimum absolute atomic E-state index is 0.0780. The summed E-state index contributed by atoms with van der Waals surface area (Å²) in [7, 11) is -3.56. The highest BCUT2D eigenvalue weighted by atomic mass is 32.2. The van der Waals surface area contributed by atoms with Crippen molar-refractivity contribution in [3.63, 3.8) is 0 Å². The Bertz CT molecular complexity index is 1180. The second-order valence-electron chi connectivity index (χ2n) is 7.96. The van der Waals surface area contributed by atoms with Crippen LogP contribution in [0.15, 0.2) is 58.8 Å². The Morgan fingerprint density at radius 1 is 1.00 bits per heavy atom. The number of rotatable bonds is 7. The van der Waals surface area contributed by atoms with E-state index in [0.29, 0.717) is 38.3 Å². The fourth-order valence-corrected chi connectivity index (χ4v) is 6.00. The molecule has 0 aliphatic carbocycles. The maximum atomic E-state index is 13.0. The number of nitrogens with zero attached hydrogens (tertiary/aromatic N) is 3. The summed E-state index contributed by atoms with van der Waals surface area (Å²) in [6.07, 6.45) is 1.02. The van der Waals surface area contributed by atoms with Gasteiger partial charge in [0.15, 0.2) is 5.78 Å². The lowest BCUT2D eigenvalue weighted by Crippen LogP contribution is -2.48. The Balaban J connectivity index is 1.35. The van der Waals surface area contributed by atoms with Gasteiger partial charge in [0.25, 0.3) is 0 Å². The number of carbonyl (C=O) groups is 1. The van der Waals surface area contributed by atoms with E-state index in [1.165, 1.54) is 28.9 Å². The average Bonchev–Trinajstić information content (AvgIpc) is 3.28. The molecule has 2 heterocycles. The van der Waals surface area contributed by atoms with Gasteiger partial charge < -0.3 is 0 Å². The van der Waals surface area contributed by atoms with Crippen molar-refractivity contribution in [2.45, 2.75) is 31.7 Å². The molecule has 168 valence electrons. The molecule has 8 heteroatoms. The predicted molar refractivity (Wildman–Crippen MR) is 127 cm³/mol. The SMILES string of the molecule is CCc1ccc(-c2nc(CN3CCN(S(=O)(=O)c4ccc(C(C)=O)cc4)CC3)cs2)cc1. The van der Waals surface area contributed by atoms with Crippen LogP contribution in [0, 0.1) is 0 Å². The lowest BCUT2D eigenvalue weighted by molar-refractivity contribution is 0.101. The van der Waals surface area contributed by atoms with Crippen LogP contribution in [0.25, 0.3) is 10.6 Å². The third kappa shape index (κ3) is 4.99. The molecule has 4 rings (SSSR count). The molecule has 1 fully saturated rings. The summed E-state index contributed by atoms with van der Waals surface area (Å²) in [4.78, 5) is 18.7. The number of carbonyl (C=O) groups excluding carboxylic acids is 1. The van der Waals surface area contributed by atoms with Gasteiger partial charge in [0.1, 0.15) is 5.01 Å². The summed E-state index contributed by atoms with van der Waals surface area (Å²) in [5, 5.41) is 3.10. The van der Waals surface area contributed by atoms with Gasteiger partial charge in [0.05, 0.1) is 10.6 Å².